The first-order valence-corrected chi connectivity index (χ1v) is 6.68. The van der Waals surface area contributed by atoms with Gasteiger partial charge >= 0.3 is 5.97 Å². The van der Waals surface area contributed by atoms with E-state index < -0.39 is 12.0 Å². The first-order chi connectivity index (χ1) is 9.32. The van der Waals surface area contributed by atoms with Gasteiger partial charge in [-0.25, -0.2) is 0 Å². The summed E-state index contributed by atoms with van der Waals surface area (Å²) >= 11 is 6.00. The lowest BCUT2D eigenvalue weighted by Gasteiger charge is -2.23. The molecule has 1 aromatic rings. The maximum absolute atomic E-state index is 12.1. The van der Waals surface area contributed by atoms with Gasteiger partial charge in [0.05, 0.1) is 12.5 Å². The molecule has 0 aliphatic carbocycles. The number of amides is 1. The molecule has 1 unspecified atom stereocenters. The molecular formula is C14H20Cl2N2O3. The summed E-state index contributed by atoms with van der Waals surface area (Å²) in [6, 6.07) is 4.88. The van der Waals surface area contributed by atoms with E-state index in [1.807, 2.05) is 6.92 Å². The van der Waals surface area contributed by atoms with Crippen molar-refractivity contribution >= 4 is 41.6 Å². The van der Waals surface area contributed by atoms with Gasteiger partial charge in [0.15, 0.2) is 0 Å². The van der Waals surface area contributed by atoms with Crippen LogP contribution in [0, 0.1) is 6.92 Å². The van der Waals surface area contributed by atoms with Crippen LogP contribution < -0.4 is 5.32 Å². The lowest BCUT2D eigenvalue weighted by atomic mass is 10.2. The number of hydrogen-bond acceptors (Lipinski definition) is 3. The van der Waals surface area contributed by atoms with Crippen LogP contribution >= 0.6 is 24.0 Å². The molecule has 1 amide bonds. The van der Waals surface area contributed by atoms with Crippen molar-refractivity contribution in [2.75, 3.05) is 18.9 Å². The number of benzene rings is 1. The van der Waals surface area contributed by atoms with Gasteiger partial charge in [-0.3, -0.25) is 14.5 Å². The summed E-state index contributed by atoms with van der Waals surface area (Å²) in [6.07, 6.45) is 0.00428. The Hall–Kier alpha value is -1.30. The Morgan fingerprint density at radius 3 is 2.62 bits per heavy atom. The Bertz CT molecular complexity index is 509. The van der Waals surface area contributed by atoms with E-state index in [2.05, 4.69) is 5.32 Å². The summed E-state index contributed by atoms with van der Waals surface area (Å²) < 4.78 is 0. The van der Waals surface area contributed by atoms with Crippen molar-refractivity contribution in [2.45, 2.75) is 26.3 Å². The van der Waals surface area contributed by atoms with Crippen LogP contribution in [-0.4, -0.2) is 41.5 Å². The Morgan fingerprint density at radius 2 is 2.05 bits per heavy atom. The lowest BCUT2D eigenvalue weighted by Crippen LogP contribution is -2.40. The van der Waals surface area contributed by atoms with Gasteiger partial charge in [0.2, 0.25) is 5.91 Å². The lowest BCUT2D eigenvalue weighted by molar-refractivity contribution is -0.137. The number of anilines is 1. The van der Waals surface area contributed by atoms with E-state index in [1.54, 1.807) is 37.1 Å². The number of carboxylic acids is 1. The fourth-order valence-electron chi connectivity index (χ4n) is 1.65. The van der Waals surface area contributed by atoms with Gasteiger partial charge in [0, 0.05) is 17.3 Å². The molecule has 21 heavy (non-hydrogen) atoms. The van der Waals surface area contributed by atoms with E-state index in [9.17, 15) is 9.59 Å². The number of carboxylic acid groups (broad SMARTS) is 1. The molecule has 7 heteroatoms. The average molecular weight is 335 g/mol. The minimum atomic E-state index is -0.879. The predicted octanol–water partition coefficient (Wildman–Crippen LogP) is 2.80. The second kappa shape index (κ2) is 8.87. The van der Waals surface area contributed by atoms with Crippen LogP contribution in [0.15, 0.2) is 18.2 Å². The van der Waals surface area contributed by atoms with Gasteiger partial charge in [-0.15, -0.1) is 12.4 Å². The highest BCUT2D eigenvalue weighted by molar-refractivity contribution is 6.31. The normalized spacial score (nSPS) is 11.7. The minimum absolute atomic E-state index is 0. The SMILES string of the molecule is Cc1c(Cl)cccc1NC(=O)C(C)N(C)CCC(=O)O.Cl. The molecule has 1 aromatic carbocycles. The van der Waals surface area contributed by atoms with Gasteiger partial charge in [-0.2, -0.15) is 0 Å². The number of aliphatic carboxylic acids is 1. The summed E-state index contributed by atoms with van der Waals surface area (Å²) in [5, 5.41) is 12.0. The molecule has 5 nitrogen and oxygen atoms in total. The van der Waals surface area contributed by atoms with Crippen molar-refractivity contribution in [2.24, 2.45) is 0 Å². The first kappa shape index (κ1) is 19.7. The number of rotatable bonds is 6. The van der Waals surface area contributed by atoms with E-state index in [-0.39, 0.29) is 24.7 Å². The average Bonchev–Trinajstić information content (AvgIpc) is 2.40. The van der Waals surface area contributed by atoms with Crippen LogP contribution in [0.1, 0.15) is 18.9 Å². The molecule has 0 radical (unpaired) electrons. The second-order valence-corrected chi connectivity index (χ2v) is 5.11. The number of hydrogen-bond donors (Lipinski definition) is 2. The summed E-state index contributed by atoms with van der Waals surface area (Å²) in [5.74, 6) is -1.07. The Kier molecular flexibility index (Phi) is 8.32. The zero-order valence-corrected chi connectivity index (χ0v) is 13.8. The maximum atomic E-state index is 12.1. The van der Waals surface area contributed by atoms with Crippen LogP contribution in [0.3, 0.4) is 0 Å². The van der Waals surface area contributed by atoms with Crippen molar-refractivity contribution < 1.29 is 14.7 Å². The van der Waals surface area contributed by atoms with Gasteiger partial charge in [0.25, 0.3) is 0 Å². The number of carbonyl (C=O) groups is 2. The van der Waals surface area contributed by atoms with Crippen molar-refractivity contribution in [3.63, 3.8) is 0 Å². The van der Waals surface area contributed by atoms with E-state index in [4.69, 9.17) is 16.7 Å². The maximum Gasteiger partial charge on any atom is 0.304 e. The highest BCUT2D eigenvalue weighted by Crippen LogP contribution is 2.23. The summed E-state index contributed by atoms with van der Waals surface area (Å²) in [4.78, 5) is 24.3. The Balaban J connectivity index is 0.00000400. The largest absolute Gasteiger partial charge is 0.481 e. The van der Waals surface area contributed by atoms with Crippen LogP contribution in [0.25, 0.3) is 0 Å². The summed E-state index contributed by atoms with van der Waals surface area (Å²) in [6.45, 7) is 3.88. The molecular weight excluding hydrogens is 315 g/mol. The number of likely N-dealkylation sites (N-methyl/N-ethyl adjacent to an activating group) is 1. The van der Waals surface area contributed by atoms with Crippen LogP contribution in [0.5, 0.6) is 0 Å². The predicted molar refractivity (Wildman–Crippen MR) is 86.4 cm³/mol. The van der Waals surface area contributed by atoms with Gasteiger partial charge < -0.3 is 10.4 Å². The van der Waals surface area contributed by atoms with Crippen molar-refractivity contribution in [3.8, 4) is 0 Å². The number of halogens is 2. The molecule has 118 valence electrons. The summed E-state index contributed by atoms with van der Waals surface area (Å²) in [5.41, 5.74) is 1.48. The molecule has 1 rings (SSSR count). The molecule has 0 spiro atoms. The molecule has 0 aromatic heterocycles. The third-order valence-electron chi connectivity index (χ3n) is 3.24. The van der Waals surface area contributed by atoms with Gasteiger partial charge in [-0.05, 0) is 38.6 Å². The van der Waals surface area contributed by atoms with E-state index in [0.29, 0.717) is 17.3 Å². The molecule has 0 aliphatic heterocycles. The zero-order valence-electron chi connectivity index (χ0n) is 12.2. The van der Waals surface area contributed by atoms with Crippen LogP contribution in [-0.2, 0) is 9.59 Å². The molecule has 0 saturated heterocycles. The van der Waals surface area contributed by atoms with Crippen molar-refractivity contribution in [1.82, 2.24) is 4.90 Å². The highest BCUT2D eigenvalue weighted by atomic mass is 35.5. The zero-order chi connectivity index (χ0) is 15.3. The van der Waals surface area contributed by atoms with Crippen molar-refractivity contribution in [3.05, 3.63) is 28.8 Å². The topological polar surface area (TPSA) is 69.6 Å². The van der Waals surface area contributed by atoms with Gasteiger partial charge in [-0.1, -0.05) is 17.7 Å². The highest BCUT2D eigenvalue weighted by Gasteiger charge is 2.19. The molecule has 0 heterocycles. The smallest absolute Gasteiger partial charge is 0.304 e. The number of nitrogens with zero attached hydrogens (tertiary/aromatic N) is 1. The number of nitrogens with one attached hydrogen (secondary N) is 1. The fourth-order valence-corrected chi connectivity index (χ4v) is 1.82. The molecule has 2 N–H and O–H groups in total. The third-order valence-corrected chi connectivity index (χ3v) is 3.65. The third kappa shape index (κ3) is 5.91. The molecule has 1 atom stereocenters. The molecule has 0 saturated carbocycles. The quantitative estimate of drug-likeness (QED) is 0.839. The Labute approximate surface area is 135 Å². The van der Waals surface area contributed by atoms with Crippen molar-refractivity contribution in [1.29, 1.82) is 0 Å². The van der Waals surface area contributed by atoms with Crippen LogP contribution in [0.4, 0.5) is 5.69 Å². The fraction of sp³-hybridized carbons (Fsp3) is 0.429. The molecule has 0 fully saturated rings. The second-order valence-electron chi connectivity index (χ2n) is 4.70. The molecule has 0 aliphatic rings. The van der Waals surface area contributed by atoms with E-state index in [0.717, 1.165) is 5.56 Å². The van der Waals surface area contributed by atoms with Crippen LogP contribution in [0.2, 0.25) is 5.02 Å². The number of carbonyl (C=O) groups excluding carboxylic acids is 1. The Morgan fingerprint density at radius 1 is 1.43 bits per heavy atom. The van der Waals surface area contributed by atoms with Gasteiger partial charge in [0.1, 0.15) is 0 Å². The monoisotopic (exact) mass is 334 g/mol. The minimum Gasteiger partial charge on any atom is -0.481 e. The van der Waals surface area contributed by atoms with E-state index in [1.165, 1.54) is 0 Å². The summed E-state index contributed by atoms with van der Waals surface area (Å²) in [7, 11) is 1.72. The van der Waals surface area contributed by atoms with E-state index >= 15 is 0 Å². The standard InChI is InChI=1S/C14H19ClN2O3.ClH/c1-9-11(15)5-4-6-12(9)16-14(20)10(2)17(3)8-7-13(18)19;/h4-6,10H,7-8H2,1-3H3,(H,16,20)(H,18,19);1H. The molecule has 0 bridgehead atoms. The first-order valence-electron chi connectivity index (χ1n) is 6.31.